The van der Waals surface area contributed by atoms with Gasteiger partial charge in [0, 0.05) is 36.4 Å². The van der Waals surface area contributed by atoms with Crippen LogP contribution in [0.3, 0.4) is 0 Å². The second kappa shape index (κ2) is 8.87. The molecule has 0 radical (unpaired) electrons. The maximum atomic E-state index is 12.2. The van der Waals surface area contributed by atoms with E-state index in [4.69, 9.17) is 5.10 Å². The summed E-state index contributed by atoms with van der Waals surface area (Å²) in [5, 5.41) is 6.04. The van der Waals surface area contributed by atoms with Crippen LogP contribution in [0.25, 0.3) is 27.7 Å². The summed E-state index contributed by atoms with van der Waals surface area (Å²) in [4.78, 5) is 18.4. The fourth-order valence-electron chi connectivity index (χ4n) is 4.60. The summed E-state index contributed by atoms with van der Waals surface area (Å²) < 4.78 is 2.08. The van der Waals surface area contributed by atoms with Crippen LogP contribution in [0.5, 0.6) is 0 Å². The van der Waals surface area contributed by atoms with Gasteiger partial charge >= 0.3 is 0 Å². The molecule has 1 aliphatic heterocycles. The molecule has 0 aliphatic carbocycles. The van der Waals surface area contributed by atoms with Crippen LogP contribution in [-0.2, 0) is 4.79 Å². The van der Waals surface area contributed by atoms with Crippen LogP contribution in [0, 0.1) is 0 Å². The molecule has 5 heteroatoms. The number of benzene rings is 2. The molecular formula is C28H26N4O. The van der Waals surface area contributed by atoms with Crippen molar-refractivity contribution in [3.05, 3.63) is 103 Å². The van der Waals surface area contributed by atoms with E-state index in [1.54, 1.807) is 6.20 Å². The Morgan fingerprint density at radius 2 is 1.79 bits per heavy atom. The van der Waals surface area contributed by atoms with Gasteiger partial charge in [-0.1, -0.05) is 67.8 Å². The van der Waals surface area contributed by atoms with Gasteiger partial charge in [0.05, 0.1) is 11.6 Å². The molecule has 1 atom stereocenters. The number of aromatic nitrogens is 3. The third-order valence-electron chi connectivity index (χ3n) is 6.37. The molecule has 1 saturated heterocycles. The van der Waals surface area contributed by atoms with E-state index in [1.807, 2.05) is 35.4 Å². The lowest BCUT2D eigenvalue weighted by Gasteiger charge is -2.32. The van der Waals surface area contributed by atoms with Gasteiger partial charge in [-0.05, 0) is 41.7 Å². The zero-order chi connectivity index (χ0) is 22.8. The molecule has 5 rings (SSSR count). The molecule has 5 nitrogen and oxygen atoms in total. The summed E-state index contributed by atoms with van der Waals surface area (Å²) in [5.74, 6) is -0.0210. The highest BCUT2D eigenvalue weighted by Crippen LogP contribution is 2.33. The third kappa shape index (κ3) is 3.98. The monoisotopic (exact) mass is 434 g/mol. The number of rotatable bonds is 5. The van der Waals surface area contributed by atoms with E-state index in [0.717, 1.165) is 58.2 Å². The molecule has 4 aromatic rings. The quantitative estimate of drug-likeness (QED) is 0.389. The van der Waals surface area contributed by atoms with Crippen LogP contribution in [-0.4, -0.2) is 38.7 Å². The van der Waals surface area contributed by atoms with Crippen LogP contribution in [0.2, 0.25) is 0 Å². The minimum absolute atomic E-state index is 0.0210. The number of likely N-dealkylation sites (tertiary alicyclic amines) is 1. The van der Waals surface area contributed by atoms with Crippen molar-refractivity contribution in [2.45, 2.75) is 18.9 Å². The number of amides is 1. The number of hydrogen-bond acceptors (Lipinski definition) is 3. The van der Waals surface area contributed by atoms with E-state index in [-0.39, 0.29) is 11.9 Å². The van der Waals surface area contributed by atoms with Gasteiger partial charge in [-0.2, -0.15) is 5.10 Å². The van der Waals surface area contributed by atoms with Crippen molar-refractivity contribution in [1.29, 1.82) is 0 Å². The van der Waals surface area contributed by atoms with Crippen LogP contribution in [0.4, 0.5) is 0 Å². The van der Waals surface area contributed by atoms with Gasteiger partial charge in [-0.3, -0.25) is 14.5 Å². The lowest BCUT2D eigenvalue weighted by atomic mass is 9.98. The molecule has 164 valence electrons. The van der Waals surface area contributed by atoms with Crippen molar-refractivity contribution in [2.24, 2.45) is 0 Å². The molecule has 3 heterocycles. The van der Waals surface area contributed by atoms with Gasteiger partial charge in [-0.15, -0.1) is 0 Å². The van der Waals surface area contributed by atoms with Gasteiger partial charge in [0.25, 0.3) is 0 Å². The molecule has 1 amide bonds. The topological polar surface area (TPSA) is 51.0 Å². The van der Waals surface area contributed by atoms with Crippen molar-refractivity contribution in [1.82, 2.24) is 19.7 Å². The third-order valence-corrected chi connectivity index (χ3v) is 6.37. The van der Waals surface area contributed by atoms with Crippen molar-refractivity contribution in [2.75, 3.05) is 13.1 Å². The predicted octanol–water partition coefficient (Wildman–Crippen LogP) is 5.51. The average Bonchev–Trinajstić information content (AvgIpc) is 3.28. The number of fused-ring (bicyclic) bond motifs is 1. The number of piperidine rings is 1. The summed E-state index contributed by atoms with van der Waals surface area (Å²) in [7, 11) is 0. The second-order valence-electron chi connectivity index (χ2n) is 8.39. The molecule has 1 fully saturated rings. The number of carbonyl (C=O) groups excluding carboxylic acids is 1. The van der Waals surface area contributed by atoms with E-state index in [0.29, 0.717) is 6.54 Å². The number of hydrogen-bond donors (Lipinski definition) is 0. The lowest BCUT2D eigenvalue weighted by molar-refractivity contribution is -0.127. The number of pyridine rings is 1. The highest BCUT2D eigenvalue weighted by atomic mass is 16.2. The molecule has 2 aromatic heterocycles. The fourth-order valence-corrected chi connectivity index (χ4v) is 4.60. The second-order valence-corrected chi connectivity index (χ2v) is 8.39. The normalized spacial score (nSPS) is 16.0. The van der Waals surface area contributed by atoms with E-state index in [2.05, 4.69) is 59.2 Å². The summed E-state index contributed by atoms with van der Waals surface area (Å²) in [5.41, 5.74) is 6.16. The molecule has 33 heavy (non-hydrogen) atoms. The van der Waals surface area contributed by atoms with Crippen LogP contribution >= 0.6 is 0 Å². The smallest absolute Gasteiger partial charge is 0.246 e. The van der Waals surface area contributed by atoms with Gasteiger partial charge in [0.15, 0.2) is 0 Å². The SMILES string of the molecule is C=CC(=O)N1CCCC(n2nc(-c3ccc(C(=C)c4ccccc4)cc3)c3cnccc32)C1. The summed E-state index contributed by atoms with van der Waals surface area (Å²) in [6.45, 7) is 9.31. The van der Waals surface area contributed by atoms with E-state index in [1.165, 1.54) is 6.08 Å². The van der Waals surface area contributed by atoms with Crippen LogP contribution in [0.1, 0.15) is 30.0 Å². The average molecular weight is 435 g/mol. The molecule has 0 saturated carbocycles. The van der Waals surface area contributed by atoms with Crippen molar-refractivity contribution in [3.8, 4) is 11.3 Å². The Morgan fingerprint density at radius 3 is 2.55 bits per heavy atom. The Bertz CT molecular complexity index is 1320. The Morgan fingerprint density at radius 1 is 1.03 bits per heavy atom. The molecule has 0 bridgehead atoms. The van der Waals surface area contributed by atoms with Crippen LogP contribution in [0.15, 0.2) is 92.3 Å². The molecule has 0 N–H and O–H groups in total. The van der Waals surface area contributed by atoms with Crippen LogP contribution < -0.4 is 0 Å². The van der Waals surface area contributed by atoms with E-state index < -0.39 is 0 Å². The van der Waals surface area contributed by atoms with Gasteiger partial charge in [-0.25, -0.2) is 0 Å². The maximum absolute atomic E-state index is 12.2. The molecule has 2 aromatic carbocycles. The van der Waals surface area contributed by atoms with Gasteiger partial charge in [0.2, 0.25) is 5.91 Å². The van der Waals surface area contributed by atoms with Crippen molar-refractivity contribution < 1.29 is 4.79 Å². The molecule has 1 aliphatic rings. The Balaban J connectivity index is 1.49. The van der Waals surface area contributed by atoms with Gasteiger partial charge in [0.1, 0.15) is 5.69 Å². The summed E-state index contributed by atoms with van der Waals surface area (Å²) >= 11 is 0. The largest absolute Gasteiger partial charge is 0.337 e. The first-order valence-corrected chi connectivity index (χ1v) is 11.2. The Labute approximate surface area is 193 Å². The minimum atomic E-state index is -0.0210. The van der Waals surface area contributed by atoms with Crippen molar-refractivity contribution in [3.63, 3.8) is 0 Å². The summed E-state index contributed by atoms with van der Waals surface area (Å²) in [6.07, 6.45) is 6.99. The molecule has 0 spiro atoms. The van der Waals surface area contributed by atoms with E-state index >= 15 is 0 Å². The maximum Gasteiger partial charge on any atom is 0.246 e. The zero-order valence-corrected chi connectivity index (χ0v) is 18.5. The first-order valence-electron chi connectivity index (χ1n) is 11.2. The van der Waals surface area contributed by atoms with E-state index in [9.17, 15) is 4.79 Å². The lowest BCUT2D eigenvalue weighted by Crippen LogP contribution is -2.40. The zero-order valence-electron chi connectivity index (χ0n) is 18.5. The standard InChI is InChI=1S/C28H26N4O/c1-3-27(33)31-17-7-10-24(19-31)32-26-15-16-29-18-25(26)28(30-32)23-13-11-22(12-14-23)20(2)21-8-5-4-6-9-21/h3-6,8-9,11-16,18,24H,1-2,7,10,17,19H2. The Kier molecular flexibility index (Phi) is 5.61. The Hall–Kier alpha value is -3.99. The fraction of sp³-hybridized carbons (Fsp3) is 0.179. The number of nitrogens with zero attached hydrogens (tertiary/aromatic N) is 4. The first kappa shape index (κ1) is 20.9. The predicted molar refractivity (Wildman–Crippen MR) is 133 cm³/mol. The highest BCUT2D eigenvalue weighted by molar-refractivity contribution is 5.93. The highest BCUT2D eigenvalue weighted by Gasteiger charge is 2.26. The number of carbonyl (C=O) groups is 1. The first-order chi connectivity index (χ1) is 16.2. The minimum Gasteiger partial charge on any atom is -0.337 e. The van der Waals surface area contributed by atoms with Gasteiger partial charge < -0.3 is 4.90 Å². The summed E-state index contributed by atoms with van der Waals surface area (Å²) in [6, 6.07) is 20.7. The van der Waals surface area contributed by atoms with Crippen molar-refractivity contribution >= 4 is 22.4 Å². The molecule has 1 unspecified atom stereocenters. The molecular weight excluding hydrogens is 408 g/mol.